The van der Waals surface area contributed by atoms with Gasteiger partial charge in [0, 0.05) is 19.8 Å². The predicted molar refractivity (Wildman–Crippen MR) is 57.3 cm³/mol. The Hall–Kier alpha value is -2.19. The molecule has 102 valence electrons. The van der Waals surface area contributed by atoms with Crippen molar-refractivity contribution in [1.29, 1.82) is 0 Å². The van der Waals surface area contributed by atoms with E-state index >= 15 is 0 Å². The van der Waals surface area contributed by atoms with Gasteiger partial charge in [0.25, 0.3) is 5.78 Å². The van der Waals surface area contributed by atoms with Gasteiger partial charge in [-0.15, -0.1) is 5.10 Å². The summed E-state index contributed by atoms with van der Waals surface area (Å²) in [5, 5.41) is 10.7. The number of Topliss-reactive ketones (excluding diaryl/α,β-unsaturated/α-hetero) is 1. The minimum atomic E-state index is -4.93. The maximum absolute atomic E-state index is 12.2. The Balaban J connectivity index is 2.00. The minimum Gasteiger partial charge on any atom is -0.282 e. The summed E-state index contributed by atoms with van der Waals surface area (Å²) in [5.41, 5.74) is 0.223. The molecule has 0 amide bonds. The molecule has 0 bridgehead atoms. The Kier molecular flexibility index (Phi) is 3.36. The number of rotatable bonds is 4. The zero-order valence-electron chi connectivity index (χ0n) is 9.92. The van der Waals surface area contributed by atoms with E-state index in [4.69, 9.17) is 0 Å². The van der Waals surface area contributed by atoms with E-state index in [0.717, 1.165) is 11.8 Å². The first-order valence-electron chi connectivity index (χ1n) is 5.35. The van der Waals surface area contributed by atoms with Crippen molar-refractivity contribution in [3.05, 3.63) is 29.8 Å². The molecule has 0 aliphatic heterocycles. The summed E-state index contributed by atoms with van der Waals surface area (Å²) in [5.74, 6) is -1.99. The van der Waals surface area contributed by atoms with Crippen LogP contribution in [0.5, 0.6) is 0 Å². The van der Waals surface area contributed by atoms with E-state index in [-0.39, 0.29) is 0 Å². The van der Waals surface area contributed by atoms with Crippen molar-refractivity contribution in [2.75, 3.05) is 0 Å². The molecule has 0 spiro atoms. The average Bonchev–Trinajstić information content (AvgIpc) is 2.93. The summed E-state index contributed by atoms with van der Waals surface area (Å²) < 4.78 is 39.3. The molecule has 0 saturated heterocycles. The number of nitrogens with zero attached hydrogens (tertiary/aromatic N) is 5. The third-order valence-corrected chi connectivity index (χ3v) is 2.42. The lowest BCUT2D eigenvalue weighted by molar-refractivity contribution is -0.0888. The fourth-order valence-corrected chi connectivity index (χ4v) is 1.50. The van der Waals surface area contributed by atoms with E-state index < -0.39 is 17.7 Å². The van der Waals surface area contributed by atoms with Gasteiger partial charge in [0.15, 0.2) is 5.69 Å². The highest BCUT2D eigenvalue weighted by Gasteiger charge is 2.41. The van der Waals surface area contributed by atoms with Crippen LogP contribution >= 0.6 is 0 Å². The van der Waals surface area contributed by atoms with Crippen molar-refractivity contribution >= 4 is 5.78 Å². The second kappa shape index (κ2) is 4.82. The van der Waals surface area contributed by atoms with Crippen LogP contribution < -0.4 is 0 Å². The fourth-order valence-electron chi connectivity index (χ4n) is 1.50. The van der Waals surface area contributed by atoms with Gasteiger partial charge in [-0.3, -0.25) is 14.2 Å². The number of hydrogen-bond acceptors (Lipinski definition) is 4. The van der Waals surface area contributed by atoms with Crippen LogP contribution in [0.1, 0.15) is 16.1 Å². The van der Waals surface area contributed by atoms with Crippen LogP contribution in [0.2, 0.25) is 0 Å². The van der Waals surface area contributed by atoms with Gasteiger partial charge < -0.3 is 0 Å². The van der Waals surface area contributed by atoms with Crippen molar-refractivity contribution in [3.8, 4) is 0 Å². The Morgan fingerprint density at radius 1 is 1.37 bits per heavy atom. The Labute approximate surface area is 105 Å². The number of hydrogen-bond donors (Lipinski definition) is 0. The SMILES string of the molecule is Cn1cc(CCn2cc(C(=O)C(F)(F)F)nn2)cn1. The first kappa shape index (κ1) is 13.2. The van der Waals surface area contributed by atoms with Crippen molar-refractivity contribution < 1.29 is 18.0 Å². The highest BCUT2D eigenvalue weighted by Crippen LogP contribution is 2.19. The highest BCUT2D eigenvalue weighted by atomic mass is 19.4. The van der Waals surface area contributed by atoms with Crippen LogP contribution in [-0.2, 0) is 20.0 Å². The molecule has 9 heteroatoms. The second-order valence-electron chi connectivity index (χ2n) is 3.97. The maximum atomic E-state index is 12.2. The molecular formula is C10H10F3N5O. The molecule has 2 heterocycles. The summed E-state index contributed by atoms with van der Waals surface area (Å²) in [6.45, 7) is 0.323. The van der Waals surface area contributed by atoms with Gasteiger partial charge in [-0.2, -0.15) is 18.3 Å². The van der Waals surface area contributed by atoms with Gasteiger partial charge in [0.05, 0.1) is 12.4 Å². The molecule has 0 N–H and O–H groups in total. The lowest BCUT2D eigenvalue weighted by Crippen LogP contribution is -2.23. The lowest BCUT2D eigenvalue weighted by atomic mass is 10.2. The summed E-state index contributed by atoms with van der Waals surface area (Å²) >= 11 is 0. The molecule has 0 radical (unpaired) electrons. The molecule has 0 fully saturated rings. The molecule has 0 aliphatic carbocycles. The van der Waals surface area contributed by atoms with Crippen molar-refractivity contribution in [2.24, 2.45) is 7.05 Å². The molecular weight excluding hydrogens is 263 g/mol. The van der Waals surface area contributed by atoms with E-state index in [1.165, 1.54) is 4.68 Å². The first-order valence-corrected chi connectivity index (χ1v) is 5.35. The Bertz CT molecular complexity index is 586. The van der Waals surface area contributed by atoms with Gasteiger partial charge in [0.1, 0.15) is 0 Å². The standard InChI is InChI=1S/C10H10F3N5O/c1-17-5-7(4-14-17)2-3-18-6-8(15-16-18)9(19)10(11,12)13/h4-6H,2-3H2,1H3. The van der Waals surface area contributed by atoms with Crippen LogP contribution in [0, 0.1) is 0 Å². The number of aromatic nitrogens is 5. The number of aryl methyl sites for hydroxylation is 3. The number of halogens is 3. The molecule has 2 aromatic heterocycles. The Morgan fingerprint density at radius 2 is 2.11 bits per heavy atom. The van der Waals surface area contributed by atoms with E-state index in [2.05, 4.69) is 15.4 Å². The third-order valence-electron chi connectivity index (χ3n) is 2.42. The largest absolute Gasteiger partial charge is 0.456 e. The monoisotopic (exact) mass is 273 g/mol. The smallest absolute Gasteiger partial charge is 0.282 e. The first-order chi connectivity index (χ1) is 8.86. The number of ketones is 1. The molecule has 0 saturated carbocycles. The fraction of sp³-hybridized carbons (Fsp3) is 0.400. The van der Waals surface area contributed by atoms with Crippen LogP contribution in [0.4, 0.5) is 13.2 Å². The predicted octanol–water partition coefficient (Wildman–Crippen LogP) is 0.999. The summed E-state index contributed by atoms with van der Waals surface area (Å²) in [7, 11) is 1.76. The second-order valence-corrected chi connectivity index (χ2v) is 3.97. The zero-order chi connectivity index (χ0) is 14.0. The van der Waals surface area contributed by atoms with Crippen molar-refractivity contribution in [2.45, 2.75) is 19.1 Å². The molecule has 6 nitrogen and oxygen atoms in total. The van der Waals surface area contributed by atoms with Gasteiger partial charge in [0.2, 0.25) is 0 Å². The lowest BCUT2D eigenvalue weighted by Gasteiger charge is -2.00. The summed E-state index contributed by atoms with van der Waals surface area (Å²) in [6.07, 6.45) is 0.0463. The Morgan fingerprint density at radius 3 is 2.68 bits per heavy atom. The van der Waals surface area contributed by atoms with E-state index in [1.807, 2.05) is 0 Å². The average molecular weight is 273 g/mol. The zero-order valence-corrected chi connectivity index (χ0v) is 9.92. The number of carbonyl (C=O) groups is 1. The normalized spacial score (nSPS) is 11.8. The summed E-state index contributed by atoms with van der Waals surface area (Å²) in [4.78, 5) is 10.9. The highest BCUT2D eigenvalue weighted by molar-refractivity contribution is 5.98. The van der Waals surface area contributed by atoms with Gasteiger partial charge in [-0.1, -0.05) is 5.21 Å². The van der Waals surface area contributed by atoms with Gasteiger partial charge in [-0.25, -0.2) is 0 Å². The van der Waals surface area contributed by atoms with Gasteiger partial charge >= 0.3 is 6.18 Å². The molecule has 0 unspecified atom stereocenters. The minimum absolute atomic E-state index is 0.323. The van der Waals surface area contributed by atoms with Crippen LogP contribution in [0.3, 0.4) is 0 Å². The topological polar surface area (TPSA) is 65.6 Å². The van der Waals surface area contributed by atoms with Crippen molar-refractivity contribution in [3.63, 3.8) is 0 Å². The maximum Gasteiger partial charge on any atom is 0.456 e. The quantitative estimate of drug-likeness (QED) is 0.779. The van der Waals surface area contributed by atoms with E-state index in [0.29, 0.717) is 13.0 Å². The number of carbonyl (C=O) groups excluding carboxylic acids is 1. The molecule has 0 aromatic carbocycles. The third kappa shape index (κ3) is 3.18. The summed E-state index contributed by atoms with van der Waals surface area (Å²) in [6, 6.07) is 0. The van der Waals surface area contributed by atoms with E-state index in [1.54, 1.807) is 24.1 Å². The number of alkyl halides is 3. The molecule has 2 rings (SSSR count). The molecule has 0 aliphatic rings. The van der Waals surface area contributed by atoms with Crippen LogP contribution in [0.25, 0.3) is 0 Å². The molecule has 0 atom stereocenters. The molecule has 2 aromatic rings. The van der Waals surface area contributed by atoms with Crippen molar-refractivity contribution in [1.82, 2.24) is 24.8 Å². The van der Waals surface area contributed by atoms with E-state index in [9.17, 15) is 18.0 Å². The van der Waals surface area contributed by atoms with Gasteiger partial charge in [-0.05, 0) is 12.0 Å². The van der Waals surface area contributed by atoms with Crippen LogP contribution in [0.15, 0.2) is 18.6 Å². The van der Waals surface area contributed by atoms with Crippen LogP contribution in [-0.4, -0.2) is 36.7 Å². The molecule has 19 heavy (non-hydrogen) atoms.